The van der Waals surface area contributed by atoms with E-state index in [4.69, 9.17) is 14.2 Å². The number of nitrogens with one attached hydrogen (secondary N) is 1. The molecule has 0 unspecified atom stereocenters. The number of carbonyl (C=O) groups is 2. The molecule has 8 nitrogen and oxygen atoms in total. The molecule has 0 aliphatic carbocycles. The van der Waals surface area contributed by atoms with Crippen molar-refractivity contribution in [3.8, 4) is 17.2 Å². The second kappa shape index (κ2) is 10.5. The van der Waals surface area contributed by atoms with Crippen molar-refractivity contribution in [2.45, 2.75) is 20.3 Å². The number of nitrogens with zero attached hydrogens (tertiary/aromatic N) is 2. The first-order valence-corrected chi connectivity index (χ1v) is 10.2. The van der Waals surface area contributed by atoms with E-state index in [9.17, 15) is 9.59 Å². The van der Waals surface area contributed by atoms with E-state index < -0.39 is 5.97 Å². The molecule has 0 aliphatic heterocycles. The van der Waals surface area contributed by atoms with Gasteiger partial charge in [0.25, 0.3) is 5.91 Å². The minimum atomic E-state index is -0.556. The number of aromatic nitrogens is 2. The topological polar surface area (TPSA) is 91.7 Å². The Labute approximate surface area is 187 Å². The third-order valence-electron chi connectivity index (χ3n) is 4.88. The zero-order valence-electron chi connectivity index (χ0n) is 18.7. The van der Waals surface area contributed by atoms with E-state index in [0.717, 1.165) is 22.6 Å². The highest BCUT2D eigenvalue weighted by molar-refractivity contribution is 5.91. The number of hydrogen-bond donors (Lipinski definition) is 1. The molecule has 168 valence electrons. The first-order chi connectivity index (χ1) is 15.4. The van der Waals surface area contributed by atoms with Crippen LogP contribution < -0.4 is 14.8 Å². The first kappa shape index (κ1) is 22.9. The lowest BCUT2D eigenvalue weighted by atomic mass is 10.1. The van der Waals surface area contributed by atoms with Gasteiger partial charge in [-0.1, -0.05) is 6.07 Å². The van der Waals surface area contributed by atoms with E-state index in [1.165, 1.54) is 0 Å². The van der Waals surface area contributed by atoms with Crippen molar-refractivity contribution in [1.82, 2.24) is 15.1 Å². The Morgan fingerprint density at radius 2 is 1.69 bits per heavy atom. The summed E-state index contributed by atoms with van der Waals surface area (Å²) in [6.07, 6.45) is 0.605. The molecule has 1 amide bonds. The Kier molecular flexibility index (Phi) is 7.49. The van der Waals surface area contributed by atoms with E-state index in [1.54, 1.807) is 43.2 Å². The highest BCUT2D eigenvalue weighted by Gasteiger charge is 2.12. The molecule has 0 saturated heterocycles. The molecule has 0 fully saturated rings. The summed E-state index contributed by atoms with van der Waals surface area (Å²) in [5, 5.41) is 7.16. The van der Waals surface area contributed by atoms with Crippen LogP contribution >= 0.6 is 0 Å². The summed E-state index contributed by atoms with van der Waals surface area (Å²) in [5.74, 6) is 0.363. The monoisotopic (exact) mass is 437 g/mol. The number of esters is 1. The highest BCUT2D eigenvalue weighted by Crippen LogP contribution is 2.27. The van der Waals surface area contributed by atoms with Gasteiger partial charge in [0.1, 0.15) is 0 Å². The molecule has 1 heterocycles. The number of hydrogen-bond acceptors (Lipinski definition) is 6. The first-order valence-electron chi connectivity index (χ1n) is 10.2. The average Bonchev–Trinajstić information content (AvgIpc) is 3.15. The van der Waals surface area contributed by atoms with Crippen molar-refractivity contribution < 1.29 is 23.8 Å². The standard InChI is InChI=1S/C24H27N3O5/c1-16-13-17(2)27(26-16)20-8-6-19(7-9-20)24(29)32-15-23(28)25-12-11-18-5-10-21(30-3)22(14-18)31-4/h5-10,13-14H,11-12,15H2,1-4H3,(H,25,28). The van der Waals surface area contributed by atoms with E-state index in [1.807, 2.05) is 38.1 Å². The fraction of sp³-hybridized carbons (Fsp3) is 0.292. The molecule has 0 atom stereocenters. The smallest absolute Gasteiger partial charge is 0.338 e. The van der Waals surface area contributed by atoms with Crippen molar-refractivity contribution in [1.29, 1.82) is 0 Å². The normalized spacial score (nSPS) is 10.5. The molecule has 2 aromatic carbocycles. The lowest BCUT2D eigenvalue weighted by molar-refractivity contribution is -0.124. The number of ether oxygens (including phenoxy) is 3. The molecule has 1 N–H and O–H groups in total. The number of amides is 1. The summed E-state index contributed by atoms with van der Waals surface area (Å²) in [6, 6.07) is 14.5. The number of benzene rings is 2. The molecule has 3 rings (SSSR count). The fourth-order valence-corrected chi connectivity index (χ4v) is 3.28. The van der Waals surface area contributed by atoms with Crippen LogP contribution in [0.4, 0.5) is 0 Å². The van der Waals surface area contributed by atoms with Gasteiger partial charge in [-0.3, -0.25) is 4.79 Å². The van der Waals surface area contributed by atoms with Gasteiger partial charge < -0.3 is 19.5 Å². The maximum atomic E-state index is 12.2. The molecule has 0 bridgehead atoms. The summed E-state index contributed by atoms with van der Waals surface area (Å²) >= 11 is 0. The van der Waals surface area contributed by atoms with E-state index in [2.05, 4.69) is 10.4 Å². The quantitative estimate of drug-likeness (QED) is 0.518. The van der Waals surface area contributed by atoms with Gasteiger partial charge in [-0.15, -0.1) is 0 Å². The van der Waals surface area contributed by atoms with Crippen LogP contribution in [-0.2, 0) is 16.0 Å². The summed E-state index contributed by atoms with van der Waals surface area (Å²) in [5.41, 5.74) is 4.13. The minimum Gasteiger partial charge on any atom is -0.493 e. The van der Waals surface area contributed by atoms with Crippen molar-refractivity contribution in [2.24, 2.45) is 0 Å². The summed E-state index contributed by atoms with van der Waals surface area (Å²) < 4.78 is 17.4. The largest absolute Gasteiger partial charge is 0.493 e. The SMILES string of the molecule is COc1ccc(CCNC(=O)COC(=O)c2ccc(-n3nc(C)cc3C)cc2)cc1OC. The predicted molar refractivity (Wildman–Crippen MR) is 120 cm³/mol. The Balaban J connectivity index is 1.45. The number of methoxy groups -OCH3 is 2. The van der Waals surface area contributed by atoms with Crippen LogP contribution in [0.25, 0.3) is 5.69 Å². The Morgan fingerprint density at radius 3 is 2.31 bits per heavy atom. The van der Waals surface area contributed by atoms with Crippen molar-refractivity contribution in [3.63, 3.8) is 0 Å². The number of carbonyl (C=O) groups excluding carboxylic acids is 2. The van der Waals surface area contributed by atoms with Crippen LogP contribution in [0, 0.1) is 13.8 Å². The zero-order valence-corrected chi connectivity index (χ0v) is 18.7. The second-order valence-electron chi connectivity index (χ2n) is 7.25. The van der Waals surface area contributed by atoms with Crippen LogP contribution in [-0.4, -0.2) is 49.0 Å². The second-order valence-corrected chi connectivity index (χ2v) is 7.25. The maximum absolute atomic E-state index is 12.2. The predicted octanol–water partition coefficient (Wildman–Crippen LogP) is 3.02. The van der Waals surface area contributed by atoms with Gasteiger partial charge in [0, 0.05) is 12.2 Å². The van der Waals surface area contributed by atoms with Crippen LogP contribution in [0.3, 0.4) is 0 Å². The van der Waals surface area contributed by atoms with Gasteiger partial charge >= 0.3 is 5.97 Å². The van der Waals surface area contributed by atoms with E-state index in [0.29, 0.717) is 30.0 Å². The summed E-state index contributed by atoms with van der Waals surface area (Å²) in [6.45, 7) is 3.95. The van der Waals surface area contributed by atoms with Gasteiger partial charge in [0.05, 0.1) is 31.2 Å². The summed E-state index contributed by atoms with van der Waals surface area (Å²) in [4.78, 5) is 24.3. The van der Waals surface area contributed by atoms with E-state index >= 15 is 0 Å². The third-order valence-corrected chi connectivity index (χ3v) is 4.88. The Hall–Kier alpha value is -3.81. The molecule has 0 radical (unpaired) electrons. The molecule has 0 aliphatic rings. The third kappa shape index (κ3) is 5.66. The van der Waals surface area contributed by atoms with Crippen LogP contribution in [0.5, 0.6) is 11.5 Å². The van der Waals surface area contributed by atoms with Crippen LogP contribution in [0.1, 0.15) is 27.3 Å². The summed E-state index contributed by atoms with van der Waals surface area (Å²) in [7, 11) is 3.15. The molecule has 3 aromatic rings. The van der Waals surface area contributed by atoms with Crippen molar-refractivity contribution in [3.05, 3.63) is 71.0 Å². The molecule has 1 aromatic heterocycles. The fourth-order valence-electron chi connectivity index (χ4n) is 3.28. The Morgan fingerprint density at radius 1 is 0.969 bits per heavy atom. The van der Waals surface area contributed by atoms with Crippen LogP contribution in [0.15, 0.2) is 48.5 Å². The average molecular weight is 437 g/mol. The minimum absolute atomic E-state index is 0.343. The number of rotatable bonds is 9. The van der Waals surface area contributed by atoms with Crippen molar-refractivity contribution in [2.75, 3.05) is 27.4 Å². The maximum Gasteiger partial charge on any atom is 0.338 e. The molecule has 0 saturated carbocycles. The highest BCUT2D eigenvalue weighted by atomic mass is 16.5. The number of aryl methyl sites for hydroxylation is 2. The van der Waals surface area contributed by atoms with Gasteiger partial charge in [0.2, 0.25) is 0 Å². The molecule has 0 spiro atoms. The van der Waals surface area contributed by atoms with Gasteiger partial charge in [-0.05, 0) is 68.3 Å². The lowest BCUT2D eigenvalue weighted by Gasteiger charge is -2.10. The van der Waals surface area contributed by atoms with Gasteiger partial charge in [-0.2, -0.15) is 5.10 Å². The van der Waals surface area contributed by atoms with E-state index in [-0.39, 0.29) is 12.5 Å². The Bertz CT molecular complexity index is 1090. The van der Waals surface area contributed by atoms with Gasteiger partial charge in [0.15, 0.2) is 18.1 Å². The van der Waals surface area contributed by atoms with Gasteiger partial charge in [-0.25, -0.2) is 9.48 Å². The zero-order chi connectivity index (χ0) is 23.1. The molecule has 8 heteroatoms. The van der Waals surface area contributed by atoms with Crippen LogP contribution in [0.2, 0.25) is 0 Å². The molecular formula is C24H27N3O5. The molecular weight excluding hydrogens is 410 g/mol. The lowest BCUT2D eigenvalue weighted by Crippen LogP contribution is -2.30. The molecule has 32 heavy (non-hydrogen) atoms. The van der Waals surface area contributed by atoms with Crippen molar-refractivity contribution >= 4 is 11.9 Å².